The predicted octanol–water partition coefficient (Wildman–Crippen LogP) is -0.571. The highest BCUT2D eigenvalue weighted by atomic mass is 16.1. The first-order valence-corrected chi connectivity index (χ1v) is 3.47. The highest BCUT2D eigenvalue weighted by molar-refractivity contribution is 5.76. The van der Waals surface area contributed by atoms with E-state index in [9.17, 15) is 9.59 Å². The number of nitrogens with two attached hydrogens (primary N) is 1. The fourth-order valence-electron chi connectivity index (χ4n) is 0.567. The number of carbonyl (C=O) groups excluding carboxylic acids is 2. The zero-order valence-corrected chi connectivity index (χ0v) is 6.89. The lowest BCUT2D eigenvalue weighted by atomic mass is 9.99. The minimum atomic E-state index is -0.869. The molecule has 64 valence electrons. The zero-order valence-electron chi connectivity index (χ0n) is 6.89. The number of amides is 1. The maximum Gasteiger partial charge on any atom is 0.219 e. The van der Waals surface area contributed by atoms with E-state index in [1.54, 1.807) is 14.0 Å². The molecule has 0 aromatic carbocycles. The topological polar surface area (TPSA) is 72.2 Å². The van der Waals surface area contributed by atoms with Crippen LogP contribution in [-0.2, 0) is 9.59 Å². The summed E-state index contributed by atoms with van der Waals surface area (Å²) in [4.78, 5) is 21.0. The van der Waals surface area contributed by atoms with Crippen molar-refractivity contribution in [1.29, 1.82) is 0 Å². The second kappa shape index (κ2) is 4.08. The Morgan fingerprint density at radius 2 is 2.27 bits per heavy atom. The lowest BCUT2D eigenvalue weighted by molar-refractivity contribution is -0.121. The van der Waals surface area contributed by atoms with Gasteiger partial charge in [0, 0.05) is 13.5 Å². The summed E-state index contributed by atoms with van der Waals surface area (Å²) in [6, 6.07) is 0. The first-order valence-electron chi connectivity index (χ1n) is 3.47. The van der Waals surface area contributed by atoms with E-state index in [0.717, 1.165) is 0 Å². The number of rotatable bonds is 4. The molecule has 0 aliphatic rings. The molecule has 0 saturated carbocycles. The monoisotopic (exact) mass is 158 g/mol. The Morgan fingerprint density at radius 3 is 2.64 bits per heavy atom. The van der Waals surface area contributed by atoms with Crippen LogP contribution in [0.15, 0.2) is 0 Å². The van der Waals surface area contributed by atoms with Gasteiger partial charge in [0.15, 0.2) is 0 Å². The maximum atomic E-state index is 10.7. The van der Waals surface area contributed by atoms with Gasteiger partial charge in [-0.15, -0.1) is 0 Å². The first-order chi connectivity index (χ1) is 5.02. The molecule has 0 aromatic rings. The van der Waals surface area contributed by atoms with E-state index < -0.39 is 5.54 Å². The number of aldehydes is 1. The molecule has 1 unspecified atom stereocenters. The van der Waals surface area contributed by atoms with Crippen LogP contribution in [0.1, 0.15) is 19.8 Å². The number of hydrogen-bond acceptors (Lipinski definition) is 3. The minimum Gasteiger partial charge on any atom is -0.359 e. The van der Waals surface area contributed by atoms with Gasteiger partial charge < -0.3 is 15.8 Å². The molecule has 1 amide bonds. The molecule has 0 radical (unpaired) electrons. The fourth-order valence-corrected chi connectivity index (χ4v) is 0.567. The summed E-state index contributed by atoms with van der Waals surface area (Å²) >= 11 is 0. The van der Waals surface area contributed by atoms with E-state index in [0.29, 0.717) is 19.1 Å². The van der Waals surface area contributed by atoms with Gasteiger partial charge in [0.2, 0.25) is 5.91 Å². The van der Waals surface area contributed by atoms with Gasteiger partial charge in [-0.25, -0.2) is 0 Å². The van der Waals surface area contributed by atoms with Crippen LogP contribution in [0.5, 0.6) is 0 Å². The van der Waals surface area contributed by atoms with Crippen LogP contribution in [0.25, 0.3) is 0 Å². The third-order valence-electron chi connectivity index (χ3n) is 1.44. The molecule has 0 fully saturated rings. The SMILES string of the molecule is CNC(=O)CCC(C)(N)C=O. The van der Waals surface area contributed by atoms with E-state index >= 15 is 0 Å². The fraction of sp³-hybridized carbons (Fsp3) is 0.714. The summed E-state index contributed by atoms with van der Waals surface area (Å²) in [6.07, 6.45) is 1.34. The van der Waals surface area contributed by atoms with E-state index in [-0.39, 0.29) is 5.91 Å². The summed E-state index contributed by atoms with van der Waals surface area (Å²) in [5.74, 6) is -0.0940. The Kier molecular flexibility index (Phi) is 3.74. The standard InChI is InChI=1S/C7H14N2O2/c1-7(8,5-10)4-3-6(11)9-2/h5H,3-4,8H2,1-2H3,(H,9,11). The summed E-state index contributed by atoms with van der Waals surface area (Å²) in [6.45, 7) is 1.60. The number of hydrogen-bond donors (Lipinski definition) is 2. The van der Waals surface area contributed by atoms with E-state index in [4.69, 9.17) is 5.73 Å². The van der Waals surface area contributed by atoms with Crippen LogP contribution in [0.2, 0.25) is 0 Å². The average molecular weight is 158 g/mol. The van der Waals surface area contributed by atoms with E-state index in [1.807, 2.05) is 0 Å². The summed E-state index contributed by atoms with van der Waals surface area (Å²) in [5, 5.41) is 2.45. The van der Waals surface area contributed by atoms with Crippen molar-refractivity contribution in [2.75, 3.05) is 7.05 Å². The molecule has 0 bridgehead atoms. The molecular formula is C7H14N2O2. The van der Waals surface area contributed by atoms with Gasteiger partial charge in [-0.05, 0) is 13.3 Å². The van der Waals surface area contributed by atoms with Crippen LogP contribution in [-0.4, -0.2) is 24.8 Å². The van der Waals surface area contributed by atoms with Crippen molar-refractivity contribution in [1.82, 2.24) is 5.32 Å². The van der Waals surface area contributed by atoms with Crippen LogP contribution in [0, 0.1) is 0 Å². The van der Waals surface area contributed by atoms with Crippen molar-refractivity contribution in [3.05, 3.63) is 0 Å². The van der Waals surface area contributed by atoms with E-state index in [2.05, 4.69) is 5.32 Å². The van der Waals surface area contributed by atoms with Gasteiger partial charge >= 0.3 is 0 Å². The number of carbonyl (C=O) groups is 2. The largest absolute Gasteiger partial charge is 0.359 e. The lowest BCUT2D eigenvalue weighted by Crippen LogP contribution is -2.39. The van der Waals surface area contributed by atoms with Crippen molar-refractivity contribution in [2.45, 2.75) is 25.3 Å². The molecule has 0 aliphatic carbocycles. The summed E-state index contributed by atoms with van der Waals surface area (Å²) in [5.41, 5.74) is 4.60. The van der Waals surface area contributed by atoms with E-state index in [1.165, 1.54) is 0 Å². The van der Waals surface area contributed by atoms with Gasteiger partial charge in [0.25, 0.3) is 0 Å². The van der Waals surface area contributed by atoms with Gasteiger partial charge in [0.05, 0.1) is 5.54 Å². The Balaban J connectivity index is 3.69. The molecule has 1 atom stereocenters. The molecule has 0 aliphatic heterocycles. The second-order valence-corrected chi connectivity index (χ2v) is 2.80. The average Bonchev–Trinajstić information content (AvgIpc) is 2.00. The van der Waals surface area contributed by atoms with Crippen LogP contribution >= 0.6 is 0 Å². The Hall–Kier alpha value is -0.900. The molecule has 0 heterocycles. The van der Waals surface area contributed by atoms with Crippen molar-refractivity contribution >= 4 is 12.2 Å². The normalized spacial score (nSPS) is 15.2. The predicted molar refractivity (Wildman–Crippen MR) is 42.0 cm³/mol. The van der Waals surface area contributed by atoms with Gasteiger partial charge in [0.1, 0.15) is 6.29 Å². The minimum absolute atomic E-state index is 0.0940. The summed E-state index contributed by atoms with van der Waals surface area (Å²) < 4.78 is 0. The van der Waals surface area contributed by atoms with Crippen molar-refractivity contribution in [3.63, 3.8) is 0 Å². The molecular weight excluding hydrogens is 144 g/mol. The highest BCUT2D eigenvalue weighted by Gasteiger charge is 2.17. The van der Waals surface area contributed by atoms with Crippen molar-refractivity contribution < 1.29 is 9.59 Å². The smallest absolute Gasteiger partial charge is 0.219 e. The highest BCUT2D eigenvalue weighted by Crippen LogP contribution is 2.04. The molecule has 0 rings (SSSR count). The molecule has 3 N–H and O–H groups in total. The molecule has 11 heavy (non-hydrogen) atoms. The third-order valence-corrected chi connectivity index (χ3v) is 1.44. The van der Waals surface area contributed by atoms with Gasteiger partial charge in [-0.3, -0.25) is 4.79 Å². The van der Waals surface area contributed by atoms with Crippen molar-refractivity contribution in [2.24, 2.45) is 5.73 Å². The van der Waals surface area contributed by atoms with Crippen LogP contribution < -0.4 is 11.1 Å². The van der Waals surface area contributed by atoms with Gasteiger partial charge in [-0.1, -0.05) is 0 Å². The molecule has 0 saturated heterocycles. The van der Waals surface area contributed by atoms with Crippen LogP contribution in [0.4, 0.5) is 0 Å². The number of nitrogens with one attached hydrogen (secondary N) is 1. The molecule has 4 nitrogen and oxygen atoms in total. The Bertz CT molecular complexity index is 155. The Labute approximate surface area is 66.1 Å². The van der Waals surface area contributed by atoms with Gasteiger partial charge in [-0.2, -0.15) is 0 Å². The molecule has 0 aromatic heterocycles. The first kappa shape index (κ1) is 10.1. The molecule has 0 spiro atoms. The second-order valence-electron chi connectivity index (χ2n) is 2.80. The lowest BCUT2D eigenvalue weighted by Gasteiger charge is -2.15. The third kappa shape index (κ3) is 4.50. The Morgan fingerprint density at radius 1 is 1.73 bits per heavy atom. The maximum absolute atomic E-state index is 10.7. The summed E-state index contributed by atoms with van der Waals surface area (Å²) in [7, 11) is 1.55. The zero-order chi connectivity index (χ0) is 8.91. The van der Waals surface area contributed by atoms with Crippen molar-refractivity contribution in [3.8, 4) is 0 Å². The van der Waals surface area contributed by atoms with Crippen LogP contribution in [0.3, 0.4) is 0 Å². The quantitative estimate of drug-likeness (QED) is 0.538. The molecule has 4 heteroatoms.